The molecule has 0 radical (unpaired) electrons. The van der Waals surface area contributed by atoms with Crippen molar-refractivity contribution in [2.45, 2.75) is 32.2 Å². The molecule has 1 aliphatic carbocycles. The van der Waals surface area contributed by atoms with Crippen LogP contribution in [0.1, 0.15) is 26.7 Å². The van der Waals surface area contributed by atoms with Gasteiger partial charge in [-0.2, -0.15) is 0 Å². The second-order valence-corrected chi connectivity index (χ2v) is 4.04. The molecule has 3 heteroatoms. The van der Waals surface area contributed by atoms with Gasteiger partial charge in [0.25, 0.3) is 0 Å². The van der Waals surface area contributed by atoms with Gasteiger partial charge in [-0.25, -0.2) is 0 Å². The molecule has 1 rings (SSSR count). The highest BCUT2D eigenvalue weighted by Gasteiger charge is 2.45. The van der Waals surface area contributed by atoms with E-state index < -0.39 is 0 Å². The molecule has 0 aliphatic heterocycles. The molecule has 10 heavy (non-hydrogen) atoms. The van der Waals surface area contributed by atoms with Gasteiger partial charge < -0.3 is 10.8 Å². The lowest BCUT2D eigenvalue weighted by atomic mass is 9.60. The summed E-state index contributed by atoms with van der Waals surface area (Å²) in [6, 6.07) is 0. The van der Waals surface area contributed by atoms with Gasteiger partial charge in [0.1, 0.15) is 0 Å². The average Bonchev–Trinajstić information content (AvgIpc) is 1.61. The molecule has 0 spiro atoms. The Morgan fingerprint density at radius 3 is 1.90 bits per heavy atom. The number of hydrogen-bond donors (Lipinski definition) is 2. The molecule has 0 saturated heterocycles. The second kappa shape index (κ2) is 2.68. The van der Waals surface area contributed by atoms with Gasteiger partial charge in [-0.05, 0) is 18.3 Å². The van der Waals surface area contributed by atoms with Crippen molar-refractivity contribution in [2.24, 2.45) is 11.1 Å². The molecular formula is C7H16ClNO. The van der Waals surface area contributed by atoms with Crippen LogP contribution in [-0.2, 0) is 0 Å². The van der Waals surface area contributed by atoms with E-state index in [0.717, 1.165) is 12.8 Å². The minimum Gasteiger partial charge on any atom is -0.394 e. The van der Waals surface area contributed by atoms with Crippen LogP contribution in [0.15, 0.2) is 0 Å². The lowest BCUT2D eigenvalue weighted by molar-refractivity contribution is 0.0171. The summed E-state index contributed by atoms with van der Waals surface area (Å²) >= 11 is 0. The van der Waals surface area contributed by atoms with Gasteiger partial charge in [-0.3, -0.25) is 0 Å². The van der Waals surface area contributed by atoms with Gasteiger partial charge in [0.05, 0.1) is 6.61 Å². The van der Waals surface area contributed by atoms with Crippen molar-refractivity contribution in [3.8, 4) is 0 Å². The van der Waals surface area contributed by atoms with Crippen LogP contribution in [0.5, 0.6) is 0 Å². The first kappa shape index (κ1) is 10.2. The molecule has 0 aromatic rings. The minimum atomic E-state index is -0.247. The summed E-state index contributed by atoms with van der Waals surface area (Å²) in [5.74, 6) is 0. The second-order valence-electron chi connectivity index (χ2n) is 4.04. The molecule has 0 atom stereocenters. The fourth-order valence-corrected chi connectivity index (χ4v) is 1.97. The molecule has 0 amide bonds. The van der Waals surface area contributed by atoms with E-state index in [-0.39, 0.29) is 24.6 Å². The fraction of sp³-hybridized carbons (Fsp3) is 1.00. The first-order valence-electron chi connectivity index (χ1n) is 3.37. The molecule has 62 valence electrons. The Kier molecular flexibility index (Phi) is 2.74. The standard InChI is InChI=1S/C7H15NO.ClH/c1-6(2)3-7(8,4-6)5-9;/h9H,3-5,8H2,1-2H3;1H. The molecule has 1 saturated carbocycles. The predicted octanol–water partition coefficient (Wildman–Crippen LogP) is 0.918. The predicted molar refractivity (Wildman–Crippen MR) is 44.3 cm³/mol. The Hall–Kier alpha value is 0.210. The largest absolute Gasteiger partial charge is 0.394 e. The summed E-state index contributed by atoms with van der Waals surface area (Å²) in [5, 5.41) is 8.75. The topological polar surface area (TPSA) is 46.2 Å². The third kappa shape index (κ3) is 1.84. The van der Waals surface area contributed by atoms with Crippen molar-refractivity contribution >= 4 is 12.4 Å². The van der Waals surface area contributed by atoms with Crippen LogP contribution in [0.25, 0.3) is 0 Å². The number of aliphatic hydroxyl groups excluding tert-OH is 1. The van der Waals surface area contributed by atoms with E-state index in [1.54, 1.807) is 0 Å². The van der Waals surface area contributed by atoms with Crippen molar-refractivity contribution in [2.75, 3.05) is 6.61 Å². The highest BCUT2D eigenvalue weighted by atomic mass is 35.5. The molecule has 0 heterocycles. The number of halogens is 1. The maximum Gasteiger partial charge on any atom is 0.0611 e. The van der Waals surface area contributed by atoms with E-state index in [1.807, 2.05) is 0 Å². The number of hydrogen-bond acceptors (Lipinski definition) is 2. The zero-order valence-electron chi connectivity index (χ0n) is 6.55. The SMILES string of the molecule is CC1(C)CC(N)(CO)C1.Cl. The highest BCUT2D eigenvalue weighted by molar-refractivity contribution is 5.85. The molecule has 1 aliphatic rings. The molecule has 3 N–H and O–H groups in total. The summed E-state index contributed by atoms with van der Waals surface area (Å²) in [5.41, 5.74) is 5.85. The zero-order valence-corrected chi connectivity index (χ0v) is 7.37. The molecule has 1 fully saturated rings. The smallest absolute Gasteiger partial charge is 0.0611 e. The van der Waals surface area contributed by atoms with E-state index in [9.17, 15) is 0 Å². The summed E-state index contributed by atoms with van der Waals surface area (Å²) < 4.78 is 0. The quantitative estimate of drug-likeness (QED) is 0.607. The van der Waals surface area contributed by atoms with E-state index in [4.69, 9.17) is 10.8 Å². The molecule has 0 unspecified atom stereocenters. The first-order valence-corrected chi connectivity index (χ1v) is 3.37. The van der Waals surface area contributed by atoms with E-state index in [1.165, 1.54) is 0 Å². The lowest BCUT2D eigenvalue weighted by Gasteiger charge is -2.49. The number of nitrogens with two attached hydrogens (primary N) is 1. The van der Waals surface area contributed by atoms with Crippen molar-refractivity contribution in [3.05, 3.63) is 0 Å². The van der Waals surface area contributed by atoms with Crippen LogP contribution in [0.2, 0.25) is 0 Å². The monoisotopic (exact) mass is 165 g/mol. The zero-order chi connectivity index (χ0) is 7.12. The summed E-state index contributed by atoms with van der Waals surface area (Å²) in [7, 11) is 0. The molecule has 0 bridgehead atoms. The molecule has 0 aromatic carbocycles. The lowest BCUT2D eigenvalue weighted by Crippen LogP contribution is -2.58. The Labute approximate surface area is 68.2 Å². The highest BCUT2D eigenvalue weighted by Crippen LogP contribution is 2.45. The van der Waals surface area contributed by atoms with Crippen molar-refractivity contribution in [1.82, 2.24) is 0 Å². The van der Waals surface area contributed by atoms with Gasteiger partial charge in [-0.1, -0.05) is 13.8 Å². The number of aliphatic hydroxyl groups is 1. The van der Waals surface area contributed by atoms with Gasteiger partial charge in [-0.15, -0.1) is 12.4 Å². The van der Waals surface area contributed by atoms with Crippen LogP contribution in [-0.4, -0.2) is 17.3 Å². The minimum absolute atomic E-state index is 0. The Morgan fingerprint density at radius 1 is 1.40 bits per heavy atom. The average molecular weight is 166 g/mol. The Morgan fingerprint density at radius 2 is 1.80 bits per heavy atom. The van der Waals surface area contributed by atoms with Crippen molar-refractivity contribution in [3.63, 3.8) is 0 Å². The molecular weight excluding hydrogens is 150 g/mol. The van der Waals surface area contributed by atoms with Gasteiger partial charge >= 0.3 is 0 Å². The third-order valence-electron chi connectivity index (χ3n) is 1.98. The first-order chi connectivity index (χ1) is 3.97. The fourth-order valence-electron chi connectivity index (χ4n) is 1.97. The van der Waals surface area contributed by atoms with Crippen LogP contribution in [0.4, 0.5) is 0 Å². The third-order valence-corrected chi connectivity index (χ3v) is 1.98. The van der Waals surface area contributed by atoms with Gasteiger partial charge in [0, 0.05) is 5.54 Å². The van der Waals surface area contributed by atoms with Gasteiger partial charge in [0.2, 0.25) is 0 Å². The summed E-state index contributed by atoms with van der Waals surface area (Å²) in [6.07, 6.45) is 1.91. The van der Waals surface area contributed by atoms with Crippen LogP contribution in [0.3, 0.4) is 0 Å². The number of rotatable bonds is 1. The summed E-state index contributed by atoms with van der Waals surface area (Å²) in [6.45, 7) is 4.48. The van der Waals surface area contributed by atoms with Crippen LogP contribution >= 0.6 is 12.4 Å². The van der Waals surface area contributed by atoms with Crippen molar-refractivity contribution < 1.29 is 5.11 Å². The maximum atomic E-state index is 8.75. The normalized spacial score (nSPS) is 26.4. The van der Waals surface area contributed by atoms with E-state index in [2.05, 4.69) is 13.8 Å². The van der Waals surface area contributed by atoms with E-state index >= 15 is 0 Å². The maximum absolute atomic E-state index is 8.75. The molecule has 2 nitrogen and oxygen atoms in total. The van der Waals surface area contributed by atoms with Crippen LogP contribution in [0, 0.1) is 5.41 Å². The summed E-state index contributed by atoms with van der Waals surface area (Å²) in [4.78, 5) is 0. The molecule has 0 aromatic heterocycles. The van der Waals surface area contributed by atoms with Crippen LogP contribution < -0.4 is 5.73 Å². The Balaban J connectivity index is 0.000000810. The van der Waals surface area contributed by atoms with Crippen molar-refractivity contribution in [1.29, 1.82) is 0 Å². The van der Waals surface area contributed by atoms with E-state index in [0.29, 0.717) is 5.41 Å². The Bertz CT molecular complexity index is 117. The van der Waals surface area contributed by atoms with Gasteiger partial charge in [0.15, 0.2) is 0 Å².